The second-order valence-electron chi connectivity index (χ2n) is 4.11. The summed E-state index contributed by atoms with van der Waals surface area (Å²) in [6.07, 6.45) is 0.905. The molecule has 0 aliphatic rings. The highest BCUT2D eigenvalue weighted by molar-refractivity contribution is 7.99. The maximum absolute atomic E-state index is 13.4. The molecule has 0 unspecified atom stereocenters. The van der Waals surface area contributed by atoms with Gasteiger partial charge in [-0.15, -0.1) is 11.8 Å². The van der Waals surface area contributed by atoms with Crippen LogP contribution >= 0.6 is 23.4 Å². The molecule has 1 atom stereocenters. The normalized spacial score (nSPS) is 12.2. The van der Waals surface area contributed by atoms with Gasteiger partial charge in [0.2, 0.25) is 5.91 Å². The Morgan fingerprint density at radius 1 is 1.56 bits per heavy atom. The van der Waals surface area contributed by atoms with Crippen molar-refractivity contribution >= 4 is 29.3 Å². The van der Waals surface area contributed by atoms with E-state index >= 15 is 0 Å². The van der Waals surface area contributed by atoms with Crippen LogP contribution in [-0.4, -0.2) is 17.7 Å². The lowest BCUT2D eigenvalue weighted by Crippen LogP contribution is -2.33. The molecular weight excluding hydrogens is 273 g/mol. The van der Waals surface area contributed by atoms with Crippen LogP contribution in [0.4, 0.5) is 4.39 Å². The molecule has 0 heterocycles. The second-order valence-corrected chi connectivity index (χ2v) is 5.53. The average molecular weight is 290 g/mol. The first kappa shape index (κ1) is 15.3. The van der Waals surface area contributed by atoms with Crippen molar-refractivity contribution in [1.29, 1.82) is 0 Å². The highest BCUT2D eigenvalue weighted by atomic mass is 35.5. The fourth-order valence-corrected chi connectivity index (χ4v) is 2.29. The summed E-state index contributed by atoms with van der Waals surface area (Å²) in [6.45, 7) is 3.97. The van der Waals surface area contributed by atoms with E-state index in [1.54, 1.807) is 12.1 Å². The molecule has 1 rings (SSSR count). The van der Waals surface area contributed by atoms with Crippen LogP contribution in [0.25, 0.3) is 0 Å². The summed E-state index contributed by atoms with van der Waals surface area (Å²) in [4.78, 5) is 11.5. The quantitative estimate of drug-likeness (QED) is 0.866. The van der Waals surface area contributed by atoms with Crippen molar-refractivity contribution in [3.05, 3.63) is 34.6 Å². The van der Waals surface area contributed by atoms with Gasteiger partial charge in [0.05, 0.1) is 5.75 Å². The van der Waals surface area contributed by atoms with Crippen LogP contribution in [-0.2, 0) is 10.5 Å². The molecule has 1 aromatic rings. The van der Waals surface area contributed by atoms with Crippen LogP contribution in [0.15, 0.2) is 18.2 Å². The lowest BCUT2D eigenvalue weighted by molar-refractivity contribution is -0.119. The molecule has 5 heteroatoms. The van der Waals surface area contributed by atoms with Crippen LogP contribution in [0, 0.1) is 5.82 Å². The summed E-state index contributed by atoms with van der Waals surface area (Å²) in [5, 5.41) is 3.25. The third-order valence-electron chi connectivity index (χ3n) is 2.53. The van der Waals surface area contributed by atoms with E-state index in [1.165, 1.54) is 17.8 Å². The van der Waals surface area contributed by atoms with Crippen molar-refractivity contribution in [2.45, 2.75) is 32.1 Å². The van der Waals surface area contributed by atoms with E-state index in [2.05, 4.69) is 5.32 Å². The van der Waals surface area contributed by atoms with Gasteiger partial charge in [-0.3, -0.25) is 4.79 Å². The smallest absolute Gasteiger partial charge is 0.230 e. The first-order chi connectivity index (χ1) is 8.52. The maximum atomic E-state index is 13.4. The van der Waals surface area contributed by atoms with Crippen molar-refractivity contribution in [3.8, 4) is 0 Å². The molecule has 0 spiro atoms. The fraction of sp³-hybridized carbons (Fsp3) is 0.462. The molecule has 1 aromatic carbocycles. The standard InChI is InChI=1S/C13H17ClFNOS/c1-3-9(2)16-13(17)8-18-7-10-4-5-11(14)6-12(10)15/h4-6,9H,3,7-8H2,1-2H3,(H,16,17)/t9-/m0/s1. The van der Waals surface area contributed by atoms with Crippen molar-refractivity contribution in [3.63, 3.8) is 0 Å². The van der Waals surface area contributed by atoms with Crippen LogP contribution in [0.5, 0.6) is 0 Å². The van der Waals surface area contributed by atoms with Gasteiger partial charge < -0.3 is 5.32 Å². The zero-order valence-corrected chi connectivity index (χ0v) is 12.1. The third-order valence-corrected chi connectivity index (χ3v) is 3.74. The van der Waals surface area contributed by atoms with Gasteiger partial charge in [0.1, 0.15) is 5.82 Å². The van der Waals surface area contributed by atoms with Gasteiger partial charge in [-0.2, -0.15) is 0 Å². The Labute approximate surface area is 116 Å². The van der Waals surface area contributed by atoms with Crippen molar-refractivity contribution in [2.75, 3.05) is 5.75 Å². The zero-order chi connectivity index (χ0) is 13.5. The monoisotopic (exact) mass is 289 g/mol. The highest BCUT2D eigenvalue weighted by Gasteiger charge is 2.07. The molecule has 0 bridgehead atoms. The Morgan fingerprint density at radius 2 is 2.28 bits per heavy atom. The summed E-state index contributed by atoms with van der Waals surface area (Å²) >= 11 is 7.06. The van der Waals surface area contributed by atoms with Gasteiger partial charge in [0, 0.05) is 16.8 Å². The molecule has 0 radical (unpaired) electrons. The van der Waals surface area contributed by atoms with Crippen molar-refractivity contribution < 1.29 is 9.18 Å². The van der Waals surface area contributed by atoms with Gasteiger partial charge in [-0.1, -0.05) is 24.6 Å². The lowest BCUT2D eigenvalue weighted by Gasteiger charge is -2.11. The molecule has 0 fully saturated rings. The summed E-state index contributed by atoms with van der Waals surface area (Å²) in [6, 6.07) is 4.78. The third kappa shape index (κ3) is 5.27. The summed E-state index contributed by atoms with van der Waals surface area (Å²) in [5.41, 5.74) is 0.570. The van der Waals surface area contributed by atoms with Crippen LogP contribution < -0.4 is 5.32 Å². The lowest BCUT2D eigenvalue weighted by atomic mass is 10.2. The molecule has 1 N–H and O–H groups in total. The van der Waals surface area contributed by atoms with Crippen LogP contribution in [0.2, 0.25) is 5.02 Å². The maximum Gasteiger partial charge on any atom is 0.230 e. The molecule has 0 saturated carbocycles. The number of halogens is 2. The largest absolute Gasteiger partial charge is 0.353 e. The first-order valence-electron chi connectivity index (χ1n) is 5.84. The number of thioether (sulfide) groups is 1. The molecule has 1 amide bonds. The predicted octanol–water partition coefficient (Wildman–Crippen LogP) is 3.63. The minimum absolute atomic E-state index is 0.0104. The Hall–Kier alpha value is -0.740. The number of benzene rings is 1. The fourth-order valence-electron chi connectivity index (χ4n) is 1.31. The van der Waals surface area contributed by atoms with E-state index < -0.39 is 0 Å². The van der Waals surface area contributed by atoms with Crippen LogP contribution in [0.3, 0.4) is 0 Å². The summed E-state index contributed by atoms with van der Waals surface area (Å²) in [7, 11) is 0. The Bertz CT molecular complexity index is 414. The van der Waals surface area contributed by atoms with Crippen molar-refractivity contribution in [1.82, 2.24) is 5.32 Å². The molecule has 0 aromatic heterocycles. The number of amides is 1. The predicted molar refractivity (Wildman–Crippen MR) is 75.5 cm³/mol. The Balaban J connectivity index is 2.35. The van der Waals surface area contributed by atoms with E-state index in [0.717, 1.165) is 6.42 Å². The average Bonchev–Trinajstić information content (AvgIpc) is 2.31. The summed E-state index contributed by atoms with van der Waals surface area (Å²) in [5.74, 6) is 0.477. The molecular formula is C13H17ClFNOS. The second kappa shape index (κ2) is 7.64. The highest BCUT2D eigenvalue weighted by Crippen LogP contribution is 2.19. The topological polar surface area (TPSA) is 29.1 Å². The van der Waals surface area contributed by atoms with E-state index in [1.807, 2.05) is 13.8 Å². The van der Waals surface area contributed by atoms with Gasteiger partial charge >= 0.3 is 0 Å². The molecule has 100 valence electrons. The zero-order valence-electron chi connectivity index (χ0n) is 10.5. The first-order valence-corrected chi connectivity index (χ1v) is 7.37. The van der Waals surface area contributed by atoms with E-state index in [0.29, 0.717) is 22.1 Å². The van der Waals surface area contributed by atoms with Crippen molar-refractivity contribution in [2.24, 2.45) is 0 Å². The van der Waals surface area contributed by atoms with Crippen LogP contribution in [0.1, 0.15) is 25.8 Å². The number of carbonyl (C=O) groups excluding carboxylic acids is 1. The minimum Gasteiger partial charge on any atom is -0.353 e. The number of nitrogens with one attached hydrogen (secondary N) is 1. The van der Waals surface area contributed by atoms with E-state index in [9.17, 15) is 9.18 Å². The SMILES string of the molecule is CC[C@H](C)NC(=O)CSCc1ccc(Cl)cc1F. The summed E-state index contributed by atoms with van der Waals surface area (Å²) < 4.78 is 13.4. The molecule has 0 saturated heterocycles. The van der Waals surface area contributed by atoms with Gasteiger partial charge in [0.15, 0.2) is 0 Å². The Kier molecular flexibility index (Phi) is 6.50. The van der Waals surface area contributed by atoms with E-state index in [4.69, 9.17) is 11.6 Å². The molecule has 0 aliphatic carbocycles. The van der Waals surface area contributed by atoms with E-state index in [-0.39, 0.29) is 17.8 Å². The van der Waals surface area contributed by atoms with Gasteiger partial charge in [-0.05, 0) is 31.0 Å². The number of rotatable bonds is 6. The molecule has 18 heavy (non-hydrogen) atoms. The van der Waals surface area contributed by atoms with Gasteiger partial charge in [0.25, 0.3) is 0 Å². The molecule has 2 nitrogen and oxygen atoms in total. The number of hydrogen-bond donors (Lipinski definition) is 1. The minimum atomic E-state index is -0.322. The van der Waals surface area contributed by atoms with Gasteiger partial charge in [-0.25, -0.2) is 4.39 Å². The number of carbonyl (C=O) groups is 1. The number of hydrogen-bond acceptors (Lipinski definition) is 2. The molecule has 0 aliphatic heterocycles. The Morgan fingerprint density at radius 3 is 2.89 bits per heavy atom.